The van der Waals surface area contributed by atoms with Gasteiger partial charge in [-0.1, -0.05) is 17.3 Å². The molecule has 0 aliphatic carbocycles. The van der Waals surface area contributed by atoms with E-state index < -0.39 is 4.92 Å². The molecule has 82 valence electrons. The lowest BCUT2D eigenvalue weighted by atomic mass is 10.1. The van der Waals surface area contributed by atoms with Crippen molar-refractivity contribution >= 4 is 5.69 Å². The average molecular weight is 220 g/mol. The van der Waals surface area contributed by atoms with Crippen LogP contribution in [0.4, 0.5) is 5.69 Å². The van der Waals surface area contributed by atoms with Crippen molar-refractivity contribution in [3.8, 4) is 17.0 Å². The van der Waals surface area contributed by atoms with E-state index in [9.17, 15) is 10.1 Å². The normalized spacial score (nSPS) is 10.1. The van der Waals surface area contributed by atoms with E-state index in [-0.39, 0.29) is 11.4 Å². The molecule has 0 saturated heterocycles. The molecule has 0 aliphatic rings. The summed E-state index contributed by atoms with van der Waals surface area (Å²) >= 11 is 0. The van der Waals surface area contributed by atoms with Crippen LogP contribution in [0, 0.1) is 10.1 Å². The summed E-state index contributed by atoms with van der Waals surface area (Å²) < 4.78 is 9.63. The third kappa shape index (κ3) is 1.72. The van der Waals surface area contributed by atoms with E-state index in [0.717, 1.165) is 6.26 Å². The summed E-state index contributed by atoms with van der Waals surface area (Å²) in [6.45, 7) is 0. The molecule has 0 fully saturated rings. The van der Waals surface area contributed by atoms with Crippen LogP contribution in [0.1, 0.15) is 0 Å². The van der Waals surface area contributed by atoms with Crippen molar-refractivity contribution < 1.29 is 14.2 Å². The van der Waals surface area contributed by atoms with E-state index in [0.29, 0.717) is 11.3 Å². The highest BCUT2D eigenvalue weighted by molar-refractivity contribution is 5.69. The van der Waals surface area contributed by atoms with E-state index in [1.165, 1.54) is 7.11 Å². The van der Waals surface area contributed by atoms with Crippen LogP contribution in [-0.2, 0) is 0 Å². The second kappa shape index (κ2) is 4.01. The zero-order valence-corrected chi connectivity index (χ0v) is 8.41. The third-order valence-corrected chi connectivity index (χ3v) is 2.09. The van der Waals surface area contributed by atoms with Crippen molar-refractivity contribution in [1.82, 2.24) is 5.16 Å². The van der Waals surface area contributed by atoms with Gasteiger partial charge >= 0.3 is 5.69 Å². The fourth-order valence-corrected chi connectivity index (χ4v) is 1.33. The molecule has 0 atom stereocenters. The second-order valence-electron chi connectivity index (χ2n) is 3.04. The van der Waals surface area contributed by atoms with E-state index in [4.69, 9.17) is 4.74 Å². The quantitative estimate of drug-likeness (QED) is 0.585. The van der Waals surface area contributed by atoms with Gasteiger partial charge in [-0.2, -0.15) is 0 Å². The zero-order chi connectivity index (χ0) is 11.5. The van der Waals surface area contributed by atoms with Crippen LogP contribution in [0.5, 0.6) is 5.75 Å². The summed E-state index contributed by atoms with van der Waals surface area (Å²) in [6, 6.07) is 6.83. The van der Waals surface area contributed by atoms with Gasteiger partial charge in [0.05, 0.1) is 12.0 Å². The fraction of sp³-hybridized carbons (Fsp3) is 0.100. The molecule has 0 amide bonds. The Balaban J connectivity index is 2.50. The Morgan fingerprint density at radius 1 is 1.50 bits per heavy atom. The Morgan fingerprint density at radius 2 is 2.31 bits per heavy atom. The lowest BCUT2D eigenvalue weighted by Crippen LogP contribution is -1.90. The van der Waals surface area contributed by atoms with Gasteiger partial charge in [0.25, 0.3) is 0 Å². The Morgan fingerprint density at radius 3 is 3.00 bits per heavy atom. The van der Waals surface area contributed by atoms with Crippen molar-refractivity contribution in [3.63, 3.8) is 0 Å². The van der Waals surface area contributed by atoms with Crippen LogP contribution >= 0.6 is 0 Å². The zero-order valence-electron chi connectivity index (χ0n) is 8.41. The Bertz CT molecular complexity index is 521. The summed E-state index contributed by atoms with van der Waals surface area (Å²) in [7, 11) is 1.52. The maximum atomic E-state index is 10.7. The molecule has 1 heterocycles. The number of hydrogen-bond donors (Lipinski definition) is 0. The van der Waals surface area contributed by atoms with Gasteiger partial charge in [0.15, 0.2) is 5.69 Å². The summed E-state index contributed by atoms with van der Waals surface area (Å²) in [4.78, 5) is 10.1. The molecule has 0 bridgehead atoms. The summed E-state index contributed by atoms with van der Waals surface area (Å²) in [5.74, 6) is 0.606. The van der Waals surface area contributed by atoms with Crippen LogP contribution in [0.15, 0.2) is 35.1 Å². The number of hydrogen-bond acceptors (Lipinski definition) is 5. The molecule has 16 heavy (non-hydrogen) atoms. The molecule has 0 radical (unpaired) electrons. The topological polar surface area (TPSA) is 78.4 Å². The lowest BCUT2D eigenvalue weighted by Gasteiger charge is -2.00. The number of aromatic nitrogens is 1. The Kier molecular flexibility index (Phi) is 2.55. The summed E-state index contributed by atoms with van der Waals surface area (Å²) in [5, 5.41) is 14.3. The first-order valence-electron chi connectivity index (χ1n) is 4.45. The highest BCUT2D eigenvalue weighted by Crippen LogP contribution is 2.30. The third-order valence-electron chi connectivity index (χ3n) is 2.09. The molecular formula is C10H8N2O4. The predicted molar refractivity (Wildman–Crippen MR) is 55.1 cm³/mol. The van der Waals surface area contributed by atoms with E-state index in [1.54, 1.807) is 24.3 Å². The van der Waals surface area contributed by atoms with Gasteiger partial charge in [0, 0.05) is 5.56 Å². The smallest absolute Gasteiger partial charge is 0.336 e. The standard InChI is InChI=1S/C10H8N2O4/c1-15-8-4-2-3-7(5-8)10-9(12(13)14)6-16-11-10/h2-6H,1H3. The van der Waals surface area contributed by atoms with Gasteiger partial charge in [0.1, 0.15) is 5.75 Å². The molecule has 6 heteroatoms. The number of ether oxygens (including phenoxy) is 1. The minimum Gasteiger partial charge on any atom is -0.497 e. The largest absolute Gasteiger partial charge is 0.497 e. The highest BCUT2D eigenvalue weighted by atomic mass is 16.6. The molecule has 0 aliphatic heterocycles. The lowest BCUT2D eigenvalue weighted by molar-refractivity contribution is -0.384. The minimum atomic E-state index is -0.536. The highest BCUT2D eigenvalue weighted by Gasteiger charge is 2.20. The van der Waals surface area contributed by atoms with Crippen LogP contribution in [0.25, 0.3) is 11.3 Å². The van der Waals surface area contributed by atoms with Gasteiger partial charge in [-0.25, -0.2) is 0 Å². The summed E-state index contributed by atoms with van der Waals surface area (Å²) in [6.07, 6.45) is 1.01. The number of rotatable bonds is 3. The SMILES string of the molecule is COc1cccc(-c2nocc2[N+](=O)[O-])c1. The Hall–Kier alpha value is -2.37. The molecule has 2 rings (SSSR count). The van der Waals surface area contributed by atoms with Gasteiger partial charge in [-0.3, -0.25) is 10.1 Å². The molecule has 1 aromatic heterocycles. The van der Waals surface area contributed by atoms with E-state index in [2.05, 4.69) is 9.68 Å². The Labute approximate surface area is 90.6 Å². The first-order valence-corrected chi connectivity index (χ1v) is 4.45. The predicted octanol–water partition coefficient (Wildman–Crippen LogP) is 2.26. The van der Waals surface area contributed by atoms with Crippen LogP contribution in [0.3, 0.4) is 0 Å². The molecule has 1 aromatic carbocycles. The van der Waals surface area contributed by atoms with Gasteiger partial charge < -0.3 is 9.26 Å². The first-order chi connectivity index (χ1) is 7.72. The van der Waals surface area contributed by atoms with E-state index in [1.807, 2.05) is 0 Å². The number of methoxy groups -OCH3 is 1. The molecule has 0 unspecified atom stereocenters. The molecule has 2 aromatic rings. The van der Waals surface area contributed by atoms with Crippen molar-refractivity contribution in [2.24, 2.45) is 0 Å². The first kappa shape index (κ1) is 10.2. The molecule has 0 N–H and O–H groups in total. The van der Waals surface area contributed by atoms with Crippen molar-refractivity contribution in [1.29, 1.82) is 0 Å². The van der Waals surface area contributed by atoms with Gasteiger partial charge in [-0.05, 0) is 12.1 Å². The maximum Gasteiger partial charge on any atom is 0.336 e. The average Bonchev–Trinajstić information content (AvgIpc) is 2.78. The molecule has 0 spiro atoms. The van der Waals surface area contributed by atoms with Gasteiger partial charge in [-0.15, -0.1) is 0 Å². The van der Waals surface area contributed by atoms with Crippen LogP contribution in [-0.4, -0.2) is 17.2 Å². The fourth-order valence-electron chi connectivity index (χ4n) is 1.33. The monoisotopic (exact) mass is 220 g/mol. The molecule has 6 nitrogen and oxygen atoms in total. The number of nitrogens with zero attached hydrogens (tertiary/aromatic N) is 2. The molecule has 0 saturated carbocycles. The van der Waals surface area contributed by atoms with Crippen molar-refractivity contribution in [2.75, 3.05) is 7.11 Å². The molecular weight excluding hydrogens is 212 g/mol. The second-order valence-corrected chi connectivity index (χ2v) is 3.04. The van der Waals surface area contributed by atoms with Gasteiger partial charge in [0.2, 0.25) is 6.26 Å². The number of nitro groups is 1. The number of benzene rings is 1. The van der Waals surface area contributed by atoms with Crippen LogP contribution < -0.4 is 4.74 Å². The van der Waals surface area contributed by atoms with Crippen molar-refractivity contribution in [2.45, 2.75) is 0 Å². The van der Waals surface area contributed by atoms with Crippen LogP contribution in [0.2, 0.25) is 0 Å². The van der Waals surface area contributed by atoms with E-state index >= 15 is 0 Å². The summed E-state index contributed by atoms with van der Waals surface area (Å²) in [5.41, 5.74) is 0.622. The maximum absolute atomic E-state index is 10.7. The van der Waals surface area contributed by atoms with Crippen molar-refractivity contribution in [3.05, 3.63) is 40.6 Å². The minimum absolute atomic E-state index is 0.159.